The van der Waals surface area contributed by atoms with Crippen molar-refractivity contribution in [3.8, 4) is 0 Å². The van der Waals surface area contributed by atoms with Crippen molar-refractivity contribution in [2.24, 2.45) is 0 Å². The average molecular weight is 267 g/mol. The number of benzene rings is 1. The number of aromatic nitrogens is 3. The molecule has 20 heavy (non-hydrogen) atoms. The molecule has 0 aliphatic rings. The summed E-state index contributed by atoms with van der Waals surface area (Å²) in [5.41, 5.74) is 8.85. The number of hydrogen-bond acceptors (Lipinski definition) is 4. The standard InChI is InChI=1S/C15H17N5/c1-10(2)12-8-9-13(16)20-14(12)18-15(19-20)17-11-6-4-3-5-7-11/h3-10H,16H2,1-2H3,(H,17,19). The lowest BCUT2D eigenvalue weighted by atomic mass is 10.1. The van der Waals surface area contributed by atoms with Crippen LogP contribution in [-0.4, -0.2) is 14.6 Å². The van der Waals surface area contributed by atoms with Gasteiger partial charge in [0.2, 0.25) is 5.95 Å². The largest absolute Gasteiger partial charge is 0.384 e. The van der Waals surface area contributed by atoms with Gasteiger partial charge in [-0.15, -0.1) is 5.10 Å². The number of nitrogens with zero attached hydrogens (tertiary/aromatic N) is 3. The minimum absolute atomic E-state index is 0.367. The van der Waals surface area contributed by atoms with Gasteiger partial charge in [0.05, 0.1) is 0 Å². The third-order valence-corrected chi connectivity index (χ3v) is 3.20. The van der Waals surface area contributed by atoms with Gasteiger partial charge in [-0.2, -0.15) is 9.50 Å². The van der Waals surface area contributed by atoms with Crippen molar-refractivity contribution < 1.29 is 0 Å². The molecule has 102 valence electrons. The number of fused-ring (bicyclic) bond motifs is 1. The Morgan fingerprint density at radius 3 is 2.55 bits per heavy atom. The molecular weight excluding hydrogens is 250 g/mol. The summed E-state index contributed by atoms with van der Waals surface area (Å²) in [5, 5.41) is 7.61. The SMILES string of the molecule is CC(C)c1ccc(N)n2nc(Nc3ccccc3)nc12. The number of para-hydroxylation sites is 1. The maximum absolute atomic E-state index is 5.96. The van der Waals surface area contributed by atoms with Crippen LogP contribution in [0.4, 0.5) is 17.5 Å². The fraction of sp³-hybridized carbons (Fsp3) is 0.200. The third kappa shape index (κ3) is 2.18. The Hall–Kier alpha value is -2.56. The summed E-state index contributed by atoms with van der Waals surface area (Å²) in [5.74, 6) is 1.50. The van der Waals surface area contributed by atoms with Gasteiger partial charge in [0.25, 0.3) is 0 Å². The molecule has 0 saturated carbocycles. The smallest absolute Gasteiger partial charge is 0.247 e. The summed E-state index contributed by atoms with van der Waals surface area (Å²) in [6.07, 6.45) is 0. The van der Waals surface area contributed by atoms with Crippen molar-refractivity contribution in [3.63, 3.8) is 0 Å². The lowest BCUT2D eigenvalue weighted by Crippen LogP contribution is -2.02. The van der Waals surface area contributed by atoms with Crippen LogP contribution >= 0.6 is 0 Å². The monoisotopic (exact) mass is 267 g/mol. The summed E-state index contributed by atoms with van der Waals surface area (Å²) in [4.78, 5) is 4.55. The lowest BCUT2D eigenvalue weighted by Gasteiger charge is -2.06. The zero-order chi connectivity index (χ0) is 14.1. The quantitative estimate of drug-likeness (QED) is 0.764. The first-order valence-electron chi connectivity index (χ1n) is 6.62. The van der Waals surface area contributed by atoms with Gasteiger partial charge in [-0.1, -0.05) is 38.1 Å². The molecule has 3 aromatic rings. The fourth-order valence-electron chi connectivity index (χ4n) is 2.15. The molecule has 2 aromatic heterocycles. The van der Waals surface area contributed by atoms with E-state index in [-0.39, 0.29) is 0 Å². The van der Waals surface area contributed by atoms with Crippen molar-refractivity contribution in [2.75, 3.05) is 11.1 Å². The van der Waals surface area contributed by atoms with Crippen LogP contribution in [0.15, 0.2) is 42.5 Å². The molecule has 0 saturated heterocycles. The Balaban J connectivity index is 2.06. The first-order valence-corrected chi connectivity index (χ1v) is 6.62. The zero-order valence-electron chi connectivity index (χ0n) is 11.5. The van der Waals surface area contributed by atoms with Gasteiger partial charge in [0.1, 0.15) is 5.82 Å². The Morgan fingerprint density at radius 2 is 1.85 bits per heavy atom. The van der Waals surface area contributed by atoms with E-state index in [4.69, 9.17) is 5.73 Å². The van der Waals surface area contributed by atoms with Crippen LogP contribution in [-0.2, 0) is 0 Å². The van der Waals surface area contributed by atoms with E-state index in [1.807, 2.05) is 42.5 Å². The van der Waals surface area contributed by atoms with Crippen LogP contribution < -0.4 is 11.1 Å². The van der Waals surface area contributed by atoms with Crippen LogP contribution in [0, 0.1) is 0 Å². The number of nitrogens with two attached hydrogens (primary N) is 1. The average Bonchev–Trinajstić information content (AvgIpc) is 2.84. The molecule has 3 N–H and O–H groups in total. The molecular formula is C15H17N5. The number of pyridine rings is 1. The second-order valence-corrected chi connectivity index (χ2v) is 5.03. The maximum Gasteiger partial charge on any atom is 0.247 e. The molecule has 0 bridgehead atoms. The van der Waals surface area contributed by atoms with E-state index in [2.05, 4.69) is 29.2 Å². The number of hydrogen-bond donors (Lipinski definition) is 2. The predicted molar refractivity (Wildman–Crippen MR) is 81.2 cm³/mol. The Labute approximate surface area is 117 Å². The molecule has 3 rings (SSSR count). The van der Waals surface area contributed by atoms with Crippen molar-refractivity contribution >= 4 is 23.1 Å². The molecule has 0 aliphatic heterocycles. The molecule has 0 spiro atoms. The van der Waals surface area contributed by atoms with Gasteiger partial charge in [0, 0.05) is 5.69 Å². The predicted octanol–water partition coefficient (Wildman–Crippen LogP) is 3.18. The molecule has 0 unspecified atom stereocenters. The van der Waals surface area contributed by atoms with E-state index in [1.54, 1.807) is 4.52 Å². The second kappa shape index (κ2) is 4.85. The van der Waals surface area contributed by atoms with E-state index >= 15 is 0 Å². The third-order valence-electron chi connectivity index (χ3n) is 3.20. The zero-order valence-corrected chi connectivity index (χ0v) is 11.5. The molecule has 0 radical (unpaired) electrons. The highest BCUT2D eigenvalue weighted by Gasteiger charge is 2.12. The van der Waals surface area contributed by atoms with Crippen molar-refractivity contribution in [1.82, 2.24) is 14.6 Å². The molecule has 0 aliphatic carbocycles. The van der Waals surface area contributed by atoms with E-state index < -0.39 is 0 Å². The molecule has 0 atom stereocenters. The van der Waals surface area contributed by atoms with Gasteiger partial charge in [-0.05, 0) is 29.7 Å². The summed E-state index contributed by atoms with van der Waals surface area (Å²) < 4.78 is 1.68. The van der Waals surface area contributed by atoms with Crippen molar-refractivity contribution in [2.45, 2.75) is 19.8 Å². The highest BCUT2D eigenvalue weighted by atomic mass is 15.4. The summed E-state index contributed by atoms with van der Waals surface area (Å²) >= 11 is 0. The van der Waals surface area contributed by atoms with E-state index in [9.17, 15) is 0 Å². The second-order valence-electron chi connectivity index (χ2n) is 5.03. The van der Waals surface area contributed by atoms with Gasteiger partial charge in [-0.25, -0.2) is 0 Å². The van der Waals surface area contributed by atoms with Gasteiger partial charge in [0.15, 0.2) is 5.65 Å². The van der Waals surface area contributed by atoms with Crippen LogP contribution in [0.5, 0.6) is 0 Å². The number of anilines is 3. The molecule has 2 heterocycles. The van der Waals surface area contributed by atoms with Gasteiger partial charge >= 0.3 is 0 Å². The van der Waals surface area contributed by atoms with E-state index in [0.717, 1.165) is 16.9 Å². The first-order chi connectivity index (χ1) is 9.65. The van der Waals surface area contributed by atoms with E-state index in [1.165, 1.54) is 0 Å². The van der Waals surface area contributed by atoms with Gasteiger partial charge < -0.3 is 11.1 Å². The van der Waals surface area contributed by atoms with E-state index in [0.29, 0.717) is 17.7 Å². The molecule has 1 aromatic carbocycles. The van der Waals surface area contributed by atoms with Crippen LogP contribution in [0.25, 0.3) is 5.65 Å². The Bertz CT molecular complexity index is 731. The maximum atomic E-state index is 5.96. The number of rotatable bonds is 3. The molecule has 5 nitrogen and oxygen atoms in total. The van der Waals surface area contributed by atoms with Crippen LogP contribution in [0.1, 0.15) is 25.3 Å². The van der Waals surface area contributed by atoms with Crippen molar-refractivity contribution in [1.29, 1.82) is 0 Å². The summed E-state index contributed by atoms with van der Waals surface area (Å²) in [6, 6.07) is 13.7. The Kier molecular flexibility index (Phi) is 3.02. The first kappa shape index (κ1) is 12.5. The fourth-order valence-corrected chi connectivity index (χ4v) is 2.15. The topological polar surface area (TPSA) is 68.2 Å². The lowest BCUT2D eigenvalue weighted by molar-refractivity contribution is 0.854. The highest BCUT2D eigenvalue weighted by Crippen LogP contribution is 2.23. The van der Waals surface area contributed by atoms with Crippen LogP contribution in [0.2, 0.25) is 0 Å². The van der Waals surface area contributed by atoms with Gasteiger partial charge in [-0.3, -0.25) is 0 Å². The summed E-state index contributed by atoms with van der Waals surface area (Å²) in [6.45, 7) is 4.26. The van der Waals surface area contributed by atoms with Crippen molar-refractivity contribution in [3.05, 3.63) is 48.0 Å². The van der Waals surface area contributed by atoms with Crippen LogP contribution in [0.3, 0.4) is 0 Å². The summed E-state index contributed by atoms with van der Waals surface area (Å²) in [7, 11) is 0. The number of nitrogen functional groups attached to an aromatic ring is 1. The Morgan fingerprint density at radius 1 is 1.10 bits per heavy atom. The molecule has 5 heteroatoms. The highest BCUT2D eigenvalue weighted by molar-refractivity contribution is 5.60. The normalized spacial score (nSPS) is 11.2. The minimum Gasteiger partial charge on any atom is -0.384 e. The molecule has 0 fully saturated rings. The number of nitrogens with one attached hydrogen (secondary N) is 1. The molecule has 0 amide bonds. The minimum atomic E-state index is 0.367.